The number of alkyl halides is 2. The molecule has 0 amide bonds. The SMILES string of the molecule is O=c1ccn(C2OC(COP(=O)(O)O[PH](=O)O)[C@H](O)C2O)c(=O)n1CC(F)(F)c1ccccc1. The van der Waals surface area contributed by atoms with E-state index < -0.39 is 76.5 Å². The number of phosphoric ester groups is 1. The molecule has 0 radical (unpaired) electrons. The average molecular weight is 528 g/mol. The summed E-state index contributed by atoms with van der Waals surface area (Å²) >= 11 is 0. The van der Waals surface area contributed by atoms with Crippen LogP contribution in [-0.2, 0) is 35.2 Å². The van der Waals surface area contributed by atoms with E-state index in [1.54, 1.807) is 0 Å². The molecule has 1 aromatic heterocycles. The molecule has 1 fully saturated rings. The molecule has 0 spiro atoms. The predicted octanol–water partition coefficient (Wildman–Crippen LogP) is -0.0632. The van der Waals surface area contributed by atoms with Gasteiger partial charge in [0.05, 0.1) is 13.2 Å². The number of phosphoric acid groups is 1. The van der Waals surface area contributed by atoms with Crippen LogP contribution in [-0.4, -0.2) is 54.1 Å². The number of hydrogen-bond acceptors (Lipinski definition) is 9. The lowest BCUT2D eigenvalue weighted by Gasteiger charge is -2.21. The summed E-state index contributed by atoms with van der Waals surface area (Å²) in [5.74, 6) is -3.61. The monoisotopic (exact) mass is 528 g/mol. The van der Waals surface area contributed by atoms with E-state index >= 15 is 0 Å². The maximum absolute atomic E-state index is 14.7. The standard InChI is InChI=1S/C17H20F2N2O11P2/c18-17(19,10-4-2-1-3-5-10)9-21-12(22)6-7-20(16(21)25)15-14(24)13(23)11(31-15)8-30-34(28,29)32-33(26)27/h1-7,11,13-15,23-24,33H,8-9H2,(H,26,27)(H,28,29)/t11?,13-,14?,15?/m0/s1. The first-order valence-corrected chi connectivity index (χ1v) is 12.2. The van der Waals surface area contributed by atoms with E-state index in [-0.39, 0.29) is 4.57 Å². The Labute approximate surface area is 189 Å². The van der Waals surface area contributed by atoms with Crippen LogP contribution in [0.15, 0.2) is 52.2 Å². The molecule has 5 unspecified atom stereocenters. The van der Waals surface area contributed by atoms with Gasteiger partial charge in [-0.3, -0.25) is 23.0 Å². The molecule has 4 N–H and O–H groups in total. The van der Waals surface area contributed by atoms with Crippen LogP contribution < -0.4 is 11.2 Å². The number of aliphatic hydroxyl groups excluding tert-OH is 2. The summed E-state index contributed by atoms with van der Waals surface area (Å²) in [5, 5.41) is 20.4. The Balaban J connectivity index is 1.83. The Morgan fingerprint density at radius 3 is 2.41 bits per heavy atom. The highest BCUT2D eigenvalue weighted by molar-refractivity contribution is 7.55. The molecule has 0 bridgehead atoms. The minimum Gasteiger partial charge on any atom is -0.387 e. The van der Waals surface area contributed by atoms with E-state index in [1.807, 2.05) is 0 Å². The lowest BCUT2D eigenvalue weighted by molar-refractivity contribution is -0.0567. The van der Waals surface area contributed by atoms with Gasteiger partial charge in [0.1, 0.15) is 18.3 Å². The summed E-state index contributed by atoms with van der Waals surface area (Å²) < 4.78 is 65.8. The number of ether oxygens (including phenoxy) is 1. The lowest BCUT2D eigenvalue weighted by atomic mass is 10.1. The highest BCUT2D eigenvalue weighted by Crippen LogP contribution is 2.51. The summed E-state index contributed by atoms with van der Waals surface area (Å²) in [5.41, 5.74) is -2.78. The third kappa shape index (κ3) is 5.95. The van der Waals surface area contributed by atoms with Gasteiger partial charge in [0.25, 0.3) is 11.5 Å². The first kappa shape index (κ1) is 26.5. The quantitative estimate of drug-likeness (QED) is 0.319. The van der Waals surface area contributed by atoms with Crippen molar-refractivity contribution in [2.45, 2.75) is 37.0 Å². The van der Waals surface area contributed by atoms with Gasteiger partial charge in [-0.2, -0.15) is 8.78 Å². The molecule has 17 heteroatoms. The van der Waals surface area contributed by atoms with Gasteiger partial charge in [-0.15, -0.1) is 0 Å². The number of benzene rings is 1. The molecule has 34 heavy (non-hydrogen) atoms. The molecule has 3 rings (SSSR count). The number of rotatable bonds is 9. The van der Waals surface area contributed by atoms with Gasteiger partial charge in [0, 0.05) is 17.8 Å². The fourth-order valence-electron chi connectivity index (χ4n) is 3.23. The highest BCUT2D eigenvalue weighted by Gasteiger charge is 2.45. The van der Waals surface area contributed by atoms with Crippen molar-refractivity contribution >= 4 is 16.1 Å². The third-order valence-electron chi connectivity index (χ3n) is 4.86. The van der Waals surface area contributed by atoms with Crippen LogP contribution in [0, 0.1) is 0 Å². The molecule has 1 aliphatic rings. The van der Waals surface area contributed by atoms with Crippen molar-refractivity contribution in [3.8, 4) is 0 Å². The van der Waals surface area contributed by atoms with E-state index in [1.165, 1.54) is 18.2 Å². The van der Waals surface area contributed by atoms with Crippen molar-refractivity contribution in [3.05, 3.63) is 69.0 Å². The van der Waals surface area contributed by atoms with E-state index in [2.05, 4.69) is 8.83 Å². The first-order valence-electron chi connectivity index (χ1n) is 9.49. The van der Waals surface area contributed by atoms with Crippen molar-refractivity contribution < 1.29 is 51.5 Å². The van der Waals surface area contributed by atoms with E-state index in [0.29, 0.717) is 4.57 Å². The number of aliphatic hydroxyl groups is 2. The fraction of sp³-hybridized carbons (Fsp3) is 0.412. The maximum atomic E-state index is 14.7. The smallest absolute Gasteiger partial charge is 0.387 e. The molecule has 6 atom stereocenters. The van der Waals surface area contributed by atoms with Gasteiger partial charge >= 0.3 is 21.8 Å². The molecule has 188 valence electrons. The van der Waals surface area contributed by atoms with Crippen molar-refractivity contribution in [1.29, 1.82) is 0 Å². The number of halogens is 2. The van der Waals surface area contributed by atoms with Crippen molar-refractivity contribution in [2.24, 2.45) is 0 Å². The molecular weight excluding hydrogens is 508 g/mol. The van der Waals surface area contributed by atoms with E-state index in [0.717, 1.165) is 24.4 Å². The van der Waals surface area contributed by atoms with E-state index in [4.69, 9.17) is 9.63 Å². The Kier molecular flexibility index (Phi) is 8.03. The Morgan fingerprint density at radius 1 is 1.15 bits per heavy atom. The first-order chi connectivity index (χ1) is 15.8. The van der Waals surface area contributed by atoms with Gasteiger partial charge in [0.15, 0.2) is 6.23 Å². The van der Waals surface area contributed by atoms with Crippen LogP contribution >= 0.6 is 16.1 Å². The van der Waals surface area contributed by atoms with Gasteiger partial charge in [-0.05, 0) is 0 Å². The predicted molar refractivity (Wildman–Crippen MR) is 109 cm³/mol. The topological polar surface area (TPSA) is 187 Å². The zero-order chi connectivity index (χ0) is 25.3. The normalized spacial score (nSPS) is 25.7. The Morgan fingerprint density at radius 2 is 1.79 bits per heavy atom. The largest absolute Gasteiger partial charge is 0.479 e. The molecular formula is C17H20F2N2O11P2. The summed E-state index contributed by atoms with van der Waals surface area (Å²) in [6, 6.07) is 7.25. The van der Waals surface area contributed by atoms with Crippen LogP contribution in [0.2, 0.25) is 0 Å². The minimum absolute atomic E-state index is 0.230. The van der Waals surface area contributed by atoms with Gasteiger partial charge < -0.3 is 24.7 Å². The molecule has 0 aliphatic carbocycles. The second-order valence-electron chi connectivity index (χ2n) is 7.17. The molecule has 2 heterocycles. The van der Waals surface area contributed by atoms with Crippen LogP contribution in [0.1, 0.15) is 11.8 Å². The second kappa shape index (κ2) is 10.3. The van der Waals surface area contributed by atoms with Gasteiger partial charge in [-0.25, -0.2) is 13.7 Å². The van der Waals surface area contributed by atoms with E-state index in [9.17, 15) is 42.6 Å². The Bertz CT molecular complexity index is 1210. The lowest BCUT2D eigenvalue weighted by Crippen LogP contribution is -2.45. The molecule has 2 aromatic rings. The van der Waals surface area contributed by atoms with Gasteiger partial charge in [0.2, 0.25) is 0 Å². The molecule has 1 saturated heterocycles. The second-order valence-corrected chi connectivity index (χ2v) is 9.63. The van der Waals surface area contributed by atoms with Crippen LogP contribution in [0.25, 0.3) is 0 Å². The Hall–Kier alpha value is -2.06. The zero-order valence-electron chi connectivity index (χ0n) is 17.0. The number of hydrogen-bond donors (Lipinski definition) is 4. The minimum atomic E-state index is -5.00. The molecule has 1 aromatic carbocycles. The summed E-state index contributed by atoms with van der Waals surface area (Å²) in [6.07, 6.45) is -6.01. The molecule has 1 aliphatic heterocycles. The number of nitrogens with zero attached hydrogens (tertiary/aromatic N) is 2. The summed E-state index contributed by atoms with van der Waals surface area (Å²) in [6.45, 7) is -2.24. The highest BCUT2D eigenvalue weighted by atomic mass is 31.2. The van der Waals surface area contributed by atoms with Crippen LogP contribution in [0.5, 0.6) is 0 Å². The average Bonchev–Trinajstić information content (AvgIpc) is 3.03. The van der Waals surface area contributed by atoms with Gasteiger partial charge in [-0.1, -0.05) is 30.3 Å². The van der Waals surface area contributed by atoms with Crippen molar-refractivity contribution in [2.75, 3.05) is 6.61 Å². The van der Waals surface area contributed by atoms with Crippen LogP contribution in [0.3, 0.4) is 0 Å². The summed E-state index contributed by atoms with van der Waals surface area (Å²) in [4.78, 5) is 42.8. The van der Waals surface area contributed by atoms with Crippen LogP contribution in [0.4, 0.5) is 8.78 Å². The number of aromatic nitrogens is 2. The van der Waals surface area contributed by atoms with Crippen molar-refractivity contribution in [1.82, 2.24) is 9.13 Å². The molecule has 0 saturated carbocycles. The fourth-order valence-corrected chi connectivity index (χ4v) is 4.57. The zero-order valence-corrected chi connectivity index (χ0v) is 18.9. The van der Waals surface area contributed by atoms with Crippen molar-refractivity contribution in [3.63, 3.8) is 0 Å². The third-order valence-corrected chi connectivity index (χ3v) is 6.88. The molecule has 13 nitrogen and oxygen atoms in total. The summed E-state index contributed by atoms with van der Waals surface area (Å²) in [7, 11) is -8.85. The maximum Gasteiger partial charge on any atom is 0.479 e.